The van der Waals surface area contributed by atoms with Crippen LogP contribution in [-0.2, 0) is 0 Å². The number of nitrogen functional groups attached to an aromatic ring is 1. The third kappa shape index (κ3) is 2.90. The van der Waals surface area contributed by atoms with Crippen LogP contribution in [0.5, 0.6) is 0 Å². The fraction of sp³-hybridized carbons (Fsp3) is 0.0667. The number of carbonyl (C=O) groups is 1. The van der Waals surface area contributed by atoms with Crippen LogP contribution < -0.4 is 11.1 Å². The van der Waals surface area contributed by atoms with E-state index in [1.807, 2.05) is 13.0 Å². The summed E-state index contributed by atoms with van der Waals surface area (Å²) < 4.78 is 0. The second kappa shape index (κ2) is 5.64. The Morgan fingerprint density at radius 3 is 2.65 bits per heavy atom. The van der Waals surface area contributed by atoms with Crippen molar-refractivity contribution in [1.82, 2.24) is 0 Å². The molecule has 0 aliphatic rings. The molecule has 100 valence electrons. The van der Waals surface area contributed by atoms with Crippen LogP contribution in [-0.4, -0.2) is 5.91 Å². The van der Waals surface area contributed by atoms with E-state index in [1.165, 1.54) is 6.07 Å². The van der Waals surface area contributed by atoms with Gasteiger partial charge in [-0.2, -0.15) is 5.26 Å². The molecule has 20 heavy (non-hydrogen) atoms. The van der Waals surface area contributed by atoms with E-state index in [-0.39, 0.29) is 5.91 Å². The molecule has 0 bridgehead atoms. The van der Waals surface area contributed by atoms with Gasteiger partial charge in [-0.1, -0.05) is 11.6 Å². The number of halogens is 1. The molecule has 0 aliphatic carbocycles. The van der Waals surface area contributed by atoms with E-state index in [2.05, 4.69) is 5.32 Å². The molecule has 3 N–H and O–H groups in total. The molecule has 0 saturated heterocycles. The molecule has 0 spiro atoms. The van der Waals surface area contributed by atoms with Gasteiger partial charge in [-0.3, -0.25) is 4.79 Å². The molecule has 0 atom stereocenters. The summed E-state index contributed by atoms with van der Waals surface area (Å²) in [5.41, 5.74) is 8.38. The average Bonchev–Trinajstić information content (AvgIpc) is 2.40. The molecule has 0 aromatic heterocycles. The number of benzene rings is 2. The third-order valence-electron chi connectivity index (χ3n) is 2.86. The summed E-state index contributed by atoms with van der Waals surface area (Å²) in [7, 11) is 0. The molecule has 1 amide bonds. The molecule has 0 fully saturated rings. The Kier molecular flexibility index (Phi) is 3.92. The molecule has 0 aliphatic heterocycles. The van der Waals surface area contributed by atoms with Crippen LogP contribution in [0.1, 0.15) is 21.5 Å². The lowest BCUT2D eigenvalue weighted by Gasteiger charge is -2.10. The minimum absolute atomic E-state index is 0.268. The summed E-state index contributed by atoms with van der Waals surface area (Å²) in [6.07, 6.45) is 0. The maximum absolute atomic E-state index is 12.2. The summed E-state index contributed by atoms with van der Waals surface area (Å²) in [5.74, 6) is -0.268. The zero-order valence-corrected chi connectivity index (χ0v) is 11.5. The van der Waals surface area contributed by atoms with Gasteiger partial charge in [0.2, 0.25) is 0 Å². The van der Waals surface area contributed by atoms with E-state index in [1.54, 1.807) is 30.3 Å². The van der Waals surface area contributed by atoms with Gasteiger partial charge in [0.15, 0.2) is 0 Å². The number of nitriles is 1. The van der Waals surface area contributed by atoms with Crippen molar-refractivity contribution in [3.63, 3.8) is 0 Å². The molecule has 4 nitrogen and oxygen atoms in total. The highest BCUT2D eigenvalue weighted by atomic mass is 35.5. The van der Waals surface area contributed by atoms with Crippen LogP contribution in [0, 0.1) is 18.3 Å². The number of hydrogen-bond donors (Lipinski definition) is 2. The molecule has 2 aromatic rings. The number of amides is 1. The Labute approximate surface area is 121 Å². The molecule has 0 saturated carbocycles. The highest BCUT2D eigenvalue weighted by Crippen LogP contribution is 2.22. The molecule has 0 unspecified atom stereocenters. The first kappa shape index (κ1) is 13.9. The quantitative estimate of drug-likeness (QED) is 0.831. The van der Waals surface area contributed by atoms with Crippen molar-refractivity contribution in [3.8, 4) is 6.07 Å². The van der Waals surface area contributed by atoms with Gasteiger partial charge < -0.3 is 11.1 Å². The Morgan fingerprint density at radius 1 is 1.30 bits per heavy atom. The van der Waals surface area contributed by atoms with Crippen molar-refractivity contribution in [2.75, 3.05) is 11.1 Å². The van der Waals surface area contributed by atoms with Gasteiger partial charge in [-0.25, -0.2) is 0 Å². The lowest BCUT2D eigenvalue weighted by atomic mass is 10.1. The Hall–Kier alpha value is -2.51. The minimum atomic E-state index is -0.268. The monoisotopic (exact) mass is 285 g/mol. The Balaban J connectivity index is 2.26. The second-order valence-corrected chi connectivity index (χ2v) is 4.76. The van der Waals surface area contributed by atoms with Gasteiger partial charge in [-0.15, -0.1) is 0 Å². The highest BCUT2D eigenvalue weighted by Gasteiger charge is 2.11. The van der Waals surface area contributed by atoms with E-state index >= 15 is 0 Å². The number of rotatable bonds is 2. The van der Waals surface area contributed by atoms with Gasteiger partial charge >= 0.3 is 0 Å². The van der Waals surface area contributed by atoms with Crippen molar-refractivity contribution in [2.45, 2.75) is 6.92 Å². The van der Waals surface area contributed by atoms with Crippen LogP contribution in [0.2, 0.25) is 5.02 Å². The largest absolute Gasteiger partial charge is 0.397 e. The Morgan fingerprint density at radius 2 is 2.05 bits per heavy atom. The second-order valence-electron chi connectivity index (χ2n) is 4.33. The maximum Gasteiger partial charge on any atom is 0.255 e. The first-order valence-corrected chi connectivity index (χ1v) is 6.26. The van der Waals surface area contributed by atoms with Gasteiger partial charge in [0.25, 0.3) is 5.91 Å². The molecule has 2 aromatic carbocycles. The topological polar surface area (TPSA) is 78.9 Å². The number of nitrogens with two attached hydrogens (primary N) is 1. The minimum Gasteiger partial charge on any atom is -0.397 e. The maximum atomic E-state index is 12.2. The first-order chi connectivity index (χ1) is 9.51. The van der Waals surface area contributed by atoms with Crippen LogP contribution in [0.4, 0.5) is 11.4 Å². The molecule has 0 radical (unpaired) electrons. The zero-order valence-electron chi connectivity index (χ0n) is 10.8. The van der Waals surface area contributed by atoms with E-state index < -0.39 is 0 Å². The van der Waals surface area contributed by atoms with Crippen LogP contribution in [0.3, 0.4) is 0 Å². The molecule has 5 heteroatoms. The summed E-state index contributed by atoms with van der Waals surface area (Å²) in [6, 6.07) is 11.8. The number of nitrogens with one attached hydrogen (secondary N) is 1. The van der Waals surface area contributed by atoms with Crippen molar-refractivity contribution < 1.29 is 4.79 Å². The normalized spacial score (nSPS) is 9.85. The van der Waals surface area contributed by atoms with Gasteiger partial charge in [0, 0.05) is 10.6 Å². The van der Waals surface area contributed by atoms with Gasteiger partial charge in [0.1, 0.15) is 0 Å². The Bertz CT molecular complexity index is 720. The summed E-state index contributed by atoms with van der Waals surface area (Å²) >= 11 is 5.86. The summed E-state index contributed by atoms with van der Waals surface area (Å²) in [5, 5.41) is 12.1. The third-order valence-corrected chi connectivity index (χ3v) is 3.10. The smallest absolute Gasteiger partial charge is 0.255 e. The zero-order chi connectivity index (χ0) is 14.7. The van der Waals surface area contributed by atoms with E-state index in [0.29, 0.717) is 27.5 Å². The number of hydrogen-bond acceptors (Lipinski definition) is 3. The van der Waals surface area contributed by atoms with Crippen LogP contribution >= 0.6 is 11.6 Å². The lowest BCUT2D eigenvalue weighted by molar-refractivity contribution is 0.102. The van der Waals surface area contributed by atoms with Crippen LogP contribution in [0.25, 0.3) is 0 Å². The first-order valence-electron chi connectivity index (χ1n) is 5.88. The molecular formula is C15H12ClN3O. The van der Waals surface area contributed by atoms with Gasteiger partial charge in [0.05, 0.1) is 23.0 Å². The van der Waals surface area contributed by atoms with Crippen LogP contribution in [0.15, 0.2) is 36.4 Å². The van der Waals surface area contributed by atoms with E-state index in [0.717, 1.165) is 5.56 Å². The van der Waals surface area contributed by atoms with Crippen molar-refractivity contribution in [2.24, 2.45) is 0 Å². The van der Waals surface area contributed by atoms with Crippen molar-refractivity contribution in [1.29, 1.82) is 5.26 Å². The number of nitrogens with zero attached hydrogens (tertiary/aromatic N) is 1. The standard InChI is InChI=1S/C15H12ClN3O/c1-9-6-11(16)3-4-12(9)15(20)19-14-5-2-10(8-17)7-13(14)18/h2-7H,18H2,1H3,(H,19,20). The van der Waals surface area contributed by atoms with Gasteiger partial charge in [-0.05, 0) is 48.9 Å². The molecule has 2 rings (SSSR count). The summed E-state index contributed by atoms with van der Waals surface area (Å²) in [4.78, 5) is 12.2. The van der Waals surface area contributed by atoms with Crippen molar-refractivity contribution in [3.05, 3.63) is 58.1 Å². The van der Waals surface area contributed by atoms with E-state index in [4.69, 9.17) is 22.6 Å². The average molecular weight is 286 g/mol. The highest BCUT2D eigenvalue weighted by molar-refractivity contribution is 6.30. The van der Waals surface area contributed by atoms with Crippen molar-refractivity contribution >= 4 is 28.9 Å². The predicted octanol–water partition coefficient (Wildman–Crippen LogP) is 3.35. The number of carbonyl (C=O) groups excluding carboxylic acids is 1. The molecule has 0 heterocycles. The number of anilines is 2. The SMILES string of the molecule is Cc1cc(Cl)ccc1C(=O)Nc1ccc(C#N)cc1N. The lowest BCUT2D eigenvalue weighted by Crippen LogP contribution is -2.14. The fourth-order valence-corrected chi connectivity index (χ4v) is 2.04. The predicted molar refractivity (Wildman–Crippen MR) is 79.7 cm³/mol. The summed E-state index contributed by atoms with van der Waals surface area (Å²) in [6.45, 7) is 1.81. The fourth-order valence-electron chi connectivity index (χ4n) is 1.82. The molecular weight excluding hydrogens is 274 g/mol. The number of aryl methyl sites for hydroxylation is 1. The van der Waals surface area contributed by atoms with E-state index in [9.17, 15) is 4.79 Å².